The molecule has 1 unspecified atom stereocenters. The Bertz CT molecular complexity index is 673. The molecule has 0 bridgehead atoms. The molecule has 1 aromatic carbocycles. The molecule has 1 aromatic heterocycles. The van der Waals surface area contributed by atoms with Crippen molar-refractivity contribution in [2.45, 2.75) is 26.3 Å². The Morgan fingerprint density at radius 2 is 2.30 bits per heavy atom. The van der Waals surface area contributed by atoms with Crippen LogP contribution in [0.25, 0.3) is 0 Å². The molecule has 1 fully saturated rings. The van der Waals surface area contributed by atoms with Crippen LogP contribution in [0.5, 0.6) is 0 Å². The van der Waals surface area contributed by atoms with Crippen LogP contribution in [-0.4, -0.2) is 40.9 Å². The van der Waals surface area contributed by atoms with E-state index in [9.17, 15) is 4.79 Å². The molecule has 2 aromatic rings. The summed E-state index contributed by atoms with van der Waals surface area (Å²) in [6, 6.07) is 8.02. The molecule has 2 heterocycles. The van der Waals surface area contributed by atoms with Gasteiger partial charge in [0, 0.05) is 24.5 Å². The van der Waals surface area contributed by atoms with Gasteiger partial charge in [-0.05, 0) is 56.5 Å². The maximum Gasteiger partial charge on any atom is 0.254 e. The summed E-state index contributed by atoms with van der Waals surface area (Å²) in [5, 5.41) is 3.39. The third-order valence-corrected chi connectivity index (χ3v) is 4.35. The van der Waals surface area contributed by atoms with Gasteiger partial charge in [-0.25, -0.2) is 4.98 Å². The monoisotopic (exact) mass is 312 g/mol. The molecule has 0 spiro atoms. The lowest BCUT2D eigenvalue weighted by Crippen LogP contribution is -2.26. The number of aromatic nitrogens is 2. The third-order valence-electron chi connectivity index (χ3n) is 4.35. The maximum absolute atomic E-state index is 12.6. The van der Waals surface area contributed by atoms with Crippen molar-refractivity contribution in [3.63, 3.8) is 0 Å². The molecular weight excluding hydrogens is 288 g/mol. The summed E-state index contributed by atoms with van der Waals surface area (Å²) in [6.07, 6.45) is 4.04. The van der Waals surface area contributed by atoms with Gasteiger partial charge in [0.1, 0.15) is 5.82 Å². The lowest BCUT2D eigenvalue weighted by Gasteiger charge is -2.17. The first-order valence-corrected chi connectivity index (χ1v) is 8.17. The molecular formula is C18H24N4O. The van der Waals surface area contributed by atoms with Crippen LogP contribution in [0.4, 0.5) is 0 Å². The van der Waals surface area contributed by atoms with E-state index < -0.39 is 0 Å². The zero-order valence-electron chi connectivity index (χ0n) is 13.8. The van der Waals surface area contributed by atoms with Crippen molar-refractivity contribution in [2.24, 2.45) is 5.92 Å². The molecule has 2 N–H and O–H groups in total. The minimum Gasteiger partial charge on any atom is -0.345 e. The number of nitrogens with zero attached hydrogens (tertiary/aromatic N) is 2. The van der Waals surface area contributed by atoms with Gasteiger partial charge in [-0.1, -0.05) is 12.1 Å². The van der Waals surface area contributed by atoms with Crippen LogP contribution in [0.2, 0.25) is 0 Å². The summed E-state index contributed by atoms with van der Waals surface area (Å²) < 4.78 is 0. The van der Waals surface area contributed by atoms with E-state index in [1.54, 1.807) is 11.1 Å². The number of aryl methyl sites for hydroxylation is 1. The standard InChI is InChI=1S/C18H24N4O/c1-13-10-20-17(21-13)12-22(2)18(23)16-5-3-4-14(9-16)8-15-6-7-19-11-15/h3-5,9-10,15,19H,6-8,11-12H2,1-2H3,(H,20,21). The minimum atomic E-state index is 0.0328. The summed E-state index contributed by atoms with van der Waals surface area (Å²) in [5.41, 5.74) is 3.00. The first kappa shape index (κ1) is 15.7. The smallest absolute Gasteiger partial charge is 0.254 e. The van der Waals surface area contributed by atoms with Gasteiger partial charge in [0.2, 0.25) is 0 Å². The van der Waals surface area contributed by atoms with Gasteiger partial charge in [0.25, 0.3) is 5.91 Å². The largest absolute Gasteiger partial charge is 0.345 e. The van der Waals surface area contributed by atoms with Gasteiger partial charge in [0.05, 0.1) is 6.54 Å². The Morgan fingerprint density at radius 1 is 1.43 bits per heavy atom. The third kappa shape index (κ3) is 3.99. The van der Waals surface area contributed by atoms with Crippen molar-refractivity contribution < 1.29 is 4.79 Å². The fraction of sp³-hybridized carbons (Fsp3) is 0.444. The average Bonchev–Trinajstić information content (AvgIpc) is 3.18. The zero-order chi connectivity index (χ0) is 16.2. The number of hydrogen-bond donors (Lipinski definition) is 2. The zero-order valence-corrected chi connectivity index (χ0v) is 13.8. The maximum atomic E-state index is 12.6. The normalized spacial score (nSPS) is 17.4. The van der Waals surface area contributed by atoms with Crippen molar-refractivity contribution in [1.29, 1.82) is 0 Å². The highest BCUT2D eigenvalue weighted by Crippen LogP contribution is 2.17. The number of hydrogen-bond acceptors (Lipinski definition) is 3. The van der Waals surface area contributed by atoms with Gasteiger partial charge >= 0.3 is 0 Å². The van der Waals surface area contributed by atoms with Crippen LogP contribution in [-0.2, 0) is 13.0 Å². The molecule has 122 valence electrons. The van der Waals surface area contributed by atoms with Crippen LogP contribution in [0.3, 0.4) is 0 Å². The van der Waals surface area contributed by atoms with E-state index in [0.717, 1.165) is 36.6 Å². The Kier molecular flexibility index (Phi) is 4.76. The first-order chi connectivity index (χ1) is 11.1. The molecule has 0 aliphatic carbocycles. The van der Waals surface area contributed by atoms with E-state index in [1.165, 1.54) is 12.0 Å². The second kappa shape index (κ2) is 6.96. The van der Waals surface area contributed by atoms with Gasteiger partial charge in [-0.3, -0.25) is 4.79 Å². The van der Waals surface area contributed by atoms with Crippen LogP contribution in [0.1, 0.15) is 33.9 Å². The number of carbonyl (C=O) groups excluding carboxylic acids is 1. The fourth-order valence-electron chi connectivity index (χ4n) is 3.12. The summed E-state index contributed by atoms with van der Waals surface area (Å²) >= 11 is 0. The molecule has 1 atom stereocenters. The number of amides is 1. The van der Waals surface area contributed by atoms with E-state index >= 15 is 0 Å². The Labute approximate surface area is 137 Å². The highest BCUT2D eigenvalue weighted by Gasteiger charge is 2.17. The quantitative estimate of drug-likeness (QED) is 0.889. The molecule has 23 heavy (non-hydrogen) atoms. The van der Waals surface area contributed by atoms with Crippen LogP contribution < -0.4 is 5.32 Å². The predicted molar refractivity (Wildman–Crippen MR) is 90.2 cm³/mol. The fourth-order valence-corrected chi connectivity index (χ4v) is 3.12. The molecule has 5 nitrogen and oxygen atoms in total. The topological polar surface area (TPSA) is 61.0 Å². The van der Waals surface area contributed by atoms with E-state index in [4.69, 9.17) is 0 Å². The Morgan fingerprint density at radius 3 is 3.00 bits per heavy atom. The summed E-state index contributed by atoms with van der Waals surface area (Å²) in [6.45, 7) is 4.63. The number of nitrogens with one attached hydrogen (secondary N) is 2. The van der Waals surface area contributed by atoms with Crippen LogP contribution >= 0.6 is 0 Å². The van der Waals surface area contributed by atoms with E-state index in [-0.39, 0.29) is 5.91 Å². The number of aromatic amines is 1. The van der Waals surface area contributed by atoms with Gasteiger partial charge in [-0.2, -0.15) is 0 Å². The van der Waals surface area contributed by atoms with Crippen molar-refractivity contribution in [3.8, 4) is 0 Å². The molecule has 1 saturated heterocycles. The van der Waals surface area contributed by atoms with Crippen LogP contribution in [0.15, 0.2) is 30.5 Å². The molecule has 1 aliphatic rings. The van der Waals surface area contributed by atoms with Gasteiger partial charge in [0.15, 0.2) is 0 Å². The van der Waals surface area contributed by atoms with Crippen molar-refractivity contribution in [2.75, 3.05) is 20.1 Å². The Hall–Kier alpha value is -2.14. The van der Waals surface area contributed by atoms with Crippen molar-refractivity contribution in [3.05, 3.63) is 53.1 Å². The lowest BCUT2D eigenvalue weighted by atomic mass is 9.97. The van der Waals surface area contributed by atoms with E-state index in [0.29, 0.717) is 12.5 Å². The average molecular weight is 312 g/mol. The first-order valence-electron chi connectivity index (χ1n) is 8.17. The lowest BCUT2D eigenvalue weighted by molar-refractivity contribution is 0.0781. The summed E-state index contributed by atoms with van der Waals surface area (Å²) in [4.78, 5) is 21.7. The molecule has 0 saturated carbocycles. The van der Waals surface area contributed by atoms with E-state index in [1.807, 2.05) is 32.2 Å². The van der Waals surface area contributed by atoms with Gasteiger partial charge < -0.3 is 15.2 Å². The Balaban J connectivity index is 1.66. The molecule has 3 rings (SSSR count). The molecule has 0 radical (unpaired) electrons. The minimum absolute atomic E-state index is 0.0328. The molecule has 5 heteroatoms. The molecule has 1 amide bonds. The molecule has 1 aliphatic heterocycles. The SMILES string of the molecule is Cc1cnc(CN(C)C(=O)c2cccc(CC3CCNC3)c2)[nH]1. The van der Waals surface area contributed by atoms with Crippen molar-refractivity contribution in [1.82, 2.24) is 20.2 Å². The van der Waals surface area contributed by atoms with Crippen molar-refractivity contribution >= 4 is 5.91 Å². The van der Waals surface area contributed by atoms with E-state index in [2.05, 4.69) is 21.4 Å². The number of benzene rings is 1. The summed E-state index contributed by atoms with van der Waals surface area (Å²) in [5.74, 6) is 1.53. The highest BCUT2D eigenvalue weighted by molar-refractivity contribution is 5.94. The highest BCUT2D eigenvalue weighted by atomic mass is 16.2. The predicted octanol–water partition coefficient (Wildman–Crippen LogP) is 2.14. The second-order valence-electron chi connectivity index (χ2n) is 6.44. The second-order valence-corrected chi connectivity index (χ2v) is 6.44. The van der Waals surface area contributed by atoms with Gasteiger partial charge in [-0.15, -0.1) is 0 Å². The number of carbonyl (C=O) groups is 1. The number of rotatable bonds is 5. The summed E-state index contributed by atoms with van der Waals surface area (Å²) in [7, 11) is 1.81. The van der Waals surface area contributed by atoms with Crippen LogP contribution in [0, 0.1) is 12.8 Å². The number of H-pyrrole nitrogens is 1. The number of imidazole rings is 1.